The predicted octanol–water partition coefficient (Wildman–Crippen LogP) is 4.76. The van der Waals surface area contributed by atoms with Gasteiger partial charge in [-0.15, -0.1) is 0 Å². The zero-order valence-electron chi connectivity index (χ0n) is 19.5. The Morgan fingerprint density at radius 2 is 2.06 bits per heavy atom. The van der Waals surface area contributed by atoms with Crippen LogP contribution < -0.4 is 5.32 Å². The lowest BCUT2D eigenvalue weighted by atomic mass is 9.98. The molecule has 1 saturated heterocycles. The lowest BCUT2D eigenvalue weighted by Crippen LogP contribution is -2.41. The van der Waals surface area contributed by atoms with Crippen molar-refractivity contribution in [1.82, 2.24) is 15.1 Å². The van der Waals surface area contributed by atoms with Crippen molar-refractivity contribution in [3.05, 3.63) is 70.5 Å². The van der Waals surface area contributed by atoms with Gasteiger partial charge in [0.25, 0.3) is 11.8 Å². The van der Waals surface area contributed by atoms with E-state index < -0.39 is 0 Å². The molecule has 2 heterocycles. The number of rotatable bonds is 9. The Balaban J connectivity index is 1.29. The van der Waals surface area contributed by atoms with Crippen LogP contribution >= 0.6 is 0 Å². The maximum Gasteiger partial charge on any atom is 0.254 e. The van der Waals surface area contributed by atoms with Crippen molar-refractivity contribution in [2.45, 2.75) is 64.6 Å². The Morgan fingerprint density at radius 1 is 1.18 bits per heavy atom. The number of nitrogens with zero attached hydrogens (tertiary/aromatic N) is 2. The number of amides is 2. The highest BCUT2D eigenvalue weighted by Gasteiger charge is 2.28. The monoisotopic (exact) mass is 451 g/mol. The van der Waals surface area contributed by atoms with Gasteiger partial charge in [-0.2, -0.15) is 0 Å². The highest BCUT2D eigenvalue weighted by Crippen LogP contribution is 2.26. The largest absolute Gasteiger partial charge is 0.352 e. The van der Waals surface area contributed by atoms with E-state index in [9.17, 15) is 14.0 Å². The van der Waals surface area contributed by atoms with Gasteiger partial charge in [-0.3, -0.25) is 9.59 Å². The Hall–Kier alpha value is -2.73. The van der Waals surface area contributed by atoms with Gasteiger partial charge in [0.05, 0.1) is 0 Å². The second-order valence-electron chi connectivity index (χ2n) is 9.25. The third kappa shape index (κ3) is 5.80. The van der Waals surface area contributed by atoms with Crippen LogP contribution in [-0.4, -0.2) is 47.3 Å². The first-order valence-electron chi connectivity index (χ1n) is 12.2. The molecule has 0 aromatic heterocycles. The van der Waals surface area contributed by atoms with E-state index in [1.165, 1.54) is 44.2 Å². The minimum absolute atomic E-state index is 0.115. The molecule has 4 rings (SSSR count). The van der Waals surface area contributed by atoms with E-state index in [4.69, 9.17) is 0 Å². The van der Waals surface area contributed by atoms with Gasteiger partial charge in [-0.05, 0) is 67.6 Å². The molecule has 0 spiro atoms. The highest BCUT2D eigenvalue weighted by atomic mass is 19.1. The SMILES string of the molecule is CCCC1CCCCN1CCCNC(=O)c1ccc2c(c1)C(=O)N(Cc1cccc(F)c1)C2. The van der Waals surface area contributed by atoms with Gasteiger partial charge in [0.15, 0.2) is 0 Å². The number of likely N-dealkylation sites (tertiary alicyclic amines) is 1. The van der Waals surface area contributed by atoms with Crippen LogP contribution in [0.15, 0.2) is 42.5 Å². The summed E-state index contributed by atoms with van der Waals surface area (Å²) in [5, 5.41) is 3.02. The van der Waals surface area contributed by atoms with Gasteiger partial charge in [0.1, 0.15) is 5.82 Å². The third-order valence-electron chi connectivity index (χ3n) is 6.79. The summed E-state index contributed by atoms with van der Waals surface area (Å²) in [7, 11) is 0. The molecule has 6 heteroatoms. The van der Waals surface area contributed by atoms with Crippen molar-refractivity contribution < 1.29 is 14.0 Å². The number of carbonyl (C=O) groups is 2. The molecule has 2 aliphatic heterocycles. The first kappa shape index (κ1) is 23.4. The normalized spacial score (nSPS) is 18.4. The average Bonchev–Trinajstić information content (AvgIpc) is 3.12. The molecule has 2 amide bonds. The summed E-state index contributed by atoms with van der Waals surface area (Å²) in [6.45, 7) is 5.88. The van der Waals surface area contributed by atoms with Gasteiger partial charge in [-0.25, -0.2) is 4.39 Å². The van der Waals surface area contributed by atoms with Crippen LogP contribution in [0.5, 0.6) is 0 Å². The van der Waals surface area contributed by atoms with Crippen LogP contribution in [0.3, 0.4) is 0 Å². The predicted molar refractivity (Wildman–Crippen MR) is 127 cm³/mol. The minimum atomic E-state index is -0.309. The van der Waals surface area contributed by atoms with E-state index in [0.717, 1.165) is 30.6 Å². The maximum absolute atomic E-state index is 13.5. The average molecular weight is 452 g/mol. The molecule has 2 aromatic carbocycles. The van der Waals surface area contributed by atoms with Crippen molar-refractivity contribution >= 4 is 11.8 Å². The Labute approximate surface area is 196 Å². The van der Waals surface area contributed by atoms with Crippen molar-refractivity contribution in [3.63, 3.8) is 0 Å². The van der Waals surface area contributed by atoms with Gasteiger partial charge in [0.2, 0.25) is 0 Å². The van der Waals surface area contributed by atoms with Crippen molar-refractivity contribution in [2.75, 3.05) is 19.6 Å². The quantitative estimate of drug-likeness (QED) is 0.560. The van der Waals surface area contributed by atoms with Crippen LogP contribution in [0, 0.1) is 5.82 Å². The standard InChI is InChI=1S/C27H34FN3O2/c1-2-7-24-10-3-4-14-30(24)15-6-13-29-26(32)21-11-12-22-19-31(27(33)25(22)17-21)18-20-8-5-9-23(28)16-20/h5,8-9,11-12,16-17,24H,2-4,6-7,10,13-15,18-19H2,1H3,(H,29,32). The van der Waals surface area contributed by atoms with Gasteiger partial charge < -0.3 is 15.1 Å². The number of piperidine rings is 1. The maximum atomic E-state index is 13.5. The summed E-state index contributed by atoms with van der Waals surface area (Å²) in [6.07, 6.45) is 7.29. The van der Waals surface area contributed by atoms with Gasteiger partial charge in [0, 0.05) is 43.3 Å². The molecule has 0 aliphatic carbocycles. The zero-order chi connectivity index (χ0) is 23.2. The molecule has 176 valence electrons. The second-order valence-corrected chi connectivity index (χ2v) is 9.25. The van der Waals surface area contributed by atoms with E-state index in [1.807, 2.05) is 12.1 Å². The molecule has 1 N–H and O–H groups in total. The zero-order valence-corrected chi connectivity index (χ0v) is 19.5. The summed E-state index contributed by atoms with van der Waals surface area (Å²) in [4.78, 5) is 29.8. The number of hydrogen-bond donors (Lipinski definition) is 1. The second kappa shape index (κ2) is 10.9. The fourth-order valence-electron chi connectivity index (χ4n) is 5.09. The number of carbonyl (C=O) groups excluding carboxylic acids is 2. The molecule has 0 saturated carbocycles. The minimum Gasteiger partial charge on any atom is -0.352 e. The molecular weight excluding hydrogens is 417 g/mol. The molecule has 2 aliphatic rings. The Kier molecular flexibility index (Phi) is 7.76. The van der Waals surface area contributed by atoms with Crippen LogP contribution in [0.2, 0.25) is 0 Å². The van der Waals surface area contributed by atoms with Crippen LogP contribution in [-0.2, 0) is 13.1 Å². The first-order chi connectivity index (χ1) is 16.0. The Morgan fingerprint density at radius 3 is 2.88 bits per heavy atom. The number of halogens is 1. The van der Waals surface area contributed by atoms with E-state index in [0.29, 0.717) is 36.8 Å². The lowest BCUT2D eigenvalue weighted by Gasteiger charge is -2.35. The molecular formula is C27H34FN3O2. The van der Waals surface area contributed by atoms with E-state index in [1.54, 1.807) is 23.1 Å². The van der Waals surface area contributed by atoms with E-state index in [2.05, 4.69) is 17.1 Å². The first-order valence-corrected chi connectivity index (χ1v) is 12.2. The van der Waals surface area contributed by atoms with Gasteiger partial charge in [-0.1, -0.05) is 38.0 Å². The number of fused-ring (bicyclic) bond motifs is 1. The third-order valence-corrected chi connectivity index (χ3v) is 6.79. The van der Waals surface area contributed by atoms with Crippen molar-refractivity contribution in [2.24, 2.45) is 0 Å². The Bertz CT molecular complexity index is 991. The van der Waals surface area contributed by atoms with E-state index in [-0.39, 0.29) is 17.6 Å². The topological polar surface area (TPSA) is 52.7 Å². The molecule has 1 unspecified atom stereocenters. The summed E-state index contributed by atoms with van der Waals surface area (Å²) >= 11 is 0. The summed E-state index contributed by atoms with van der Waals surface area (Å²) in [5.74, 6) is -0.564. The molecule has 2 aromatic rings. The number of nitrogens with one attached hydrogen (secondary N) is 1. The van der Waals surface area contributed by atoms with Crippen molar-refractivity contribution in [3.8, 4) is 0 Å². The van der Waals surface area contributed by atoms with Crippen LogP contribution in [0.25, 0.3) is 0 Å². The summed E-state index contributed by atoms with van der Waals surface area (Å²) in [6, 6.07) is 12.3. The molecule has 5 nitrogen and oxygen atoms in total. The van der Waals surface area contributed by atoms with Crippen LogP contribution in [0.4, 0.5) is 4.39 Å². The fraction of sp³-hybridized carbons (Fsp3) is 0.481. The fourth-order valence-corrected chi connectivity index (χ4v) is 5.09. The number of benzene rings is 2. The summed E-state index contributed by atoms with van der Waals surface area (Å²) in [5.41, 5.74) is 2.73. The lowest BCUT2D eigenvalue weighted by molar-refractivity contribution is 0.0766. The smallest absolute Gasteiger partial charge is 0.254 e. The molecule has 1 atom stereocenters. The number of hydrogen-bond acceptors (Lipinski definition) is 3. The summed E-state index contributed by atoms with van der Waals surface area (Å²) < 4.78 is 13.5. The van der Waals surface area contributed by atoms with Crippen molar-refractivity contribution in [1.29, 1.82) is 0 Å². The van der Waals surface area contributed by atoms with Gasteiger partial charge >= 0.3 is 0 Å². The highest BCUT2D eigenvalue weighted by molar-refractivity contribution is 6.02. The molecule has 0 radical (unpaired) electrons. The molecule has 1 fully saturated rings. The molecule has 0 bridgehead atoms. The van der Waals surface area contributed by atoms with E-state index >= 15 is 0 Å². The molecule has 33 heavy (non-hydrogen) atoms. The van der Waals surface area contributed by atoms with Crippen LogP contribution in [0.1, 0.15) is 77.3 Å².